The van der Waals surface area contributed by atoms with E-state index in [-0.39, 0.29) is 13.2 Å². The summed E-state index contributed by atoms with van der Waals surface area (Å²) in [6.45, 7) is 2.42. The lowest BCUT2D eigenvalue weighted by Crippen LogP contribution is -2.11. The van der Waals surface area contributed by atoms with Crippen LogP contribution in [0.15, 0.2) is 12.1 Å². The molecule has 126 valence electrons. The van der Waals surface area contributed by atoms with Crippen molar-refractivity contribution in [1.29, 1.82) is 0 Å². The van der Waals surface area contributed by atoms with Gasteiger partial charge in [0.25, 0.3) is 0 Å². The minimum atomic E-state index is 0.0173. The number of hydrogen-bond donors (Lipinski definition) is 2. The molecule has 0 aliphatic rings. The molecular formula is C14H20I2O6. The predicted octanol–water partition coefficient (Wildman–Crippen LogP) is 1.67. The van der Waals surface area contributed by atoms with Crippen LogP contribution in [0.2, 0.25) is 0 Å². The molecule has 8 heteroatoms. The van der Waals surface area contributed by atoms with Gasteiger partial charge in [0, 0.05) is 0 Å². The van der Waals surface area contributed by atoms with Crippen molar-refractivity contribution in [2.24, 2.45) is 0 Å². The molecule has 0 aliphatic heterocycles. The molecule has 2 N–H and O–H groups in total. The average molecular weight is 538 g/mol. The number of aliphatic hydroxyl groups excluding tert-OH is 2. The van der Waals surface area contributed by atoms with E-state index in [4.69, 9.17) is 29.2 Å². The van der Waals surface area contributed by atoms with Gasteiger partial charge < -0.3 is 29.2 Å². The maximum atomic E-state index is 8.61. The molecule has 1 rings (SSSR count). The van der Waals surface area contributed by atoms with Crippen LogP contribution in [-0.4, -0.2) is 63.1 Å². The Bertz CT molecular complexity index is 390. The Morgan fingerprint density at radius 3 is 1.45 bits per heavy atom. The van der Waals surface area contributed by atoms with E-state index < -0.39 is 0 Å². The minimum absolute atomic E-state index is 0.0173. The summed E-state index contributed by atoms with van der Waals surface area (Å²) in [6, 6.07) is 3.83. The van der Waals surface area contributed by atoms with E-state index in [1.54, 1.807) is 0 Å². The monoisotopic (exact) mass is 538 g/mol. The average Bonchev–Trinajstić information content (AvgIpc) is 2.51. The summed E-state index contributed by atoms with van der Waals surface area (Å²) < 4.78 is 23.5. The van der Waals surface area contributed by atoms with Gasteiger partial charge >= 0.3 is 0 Å². The van der Waals surface area contributed by atoms with Gasteiger partial charge in [-0.1, -0.05) is 0 Å². The van der Waals surface area contributed by atoms with Crippen LogP contribution in [0.3, 0.4) is 0 Å². The third-order valence-electron chi connectivity index (χ3n) is 2.43. The van der Waals surface area contributed by atoms with Gasteiger partial charge in [0.1, 0.15) is 24.7 Å². The molecule has 1 aromatic rings. The van der Waals surface area contributed by atoms with E-state index in [2.05, 4.69) is 45.2 Å². The van der Waals surface area contributed by atoms with Crippen LogP contribution in [0.1, 0.15) is 0 Å². The molecule has 0 saturated heterocycles. The van der Waals surface area contributed by atoms with E-state index in [0.29, 0.717) is 39.6 Å². The summed E-state index contributed by atoms with van der Waals surface area (Å²) in [7, 11) is 0. The van der Waals surface area contributed by atoms with Crippen LogP contribution >= 0.6 is 45.2 Å². The van der Waals surface area contributed by atoms with Crippen LogP contribution in [0.25, 0.3) is 0 Å². The molecule has 0 aromatic heterocycles. The third kappa shape index (κ3) is 8.11. The number of ether oxygens (including phenoxy) is 4. The fourth-order valence-electron chi connectivity index (χ4n) is 1.49. The Kier molecular flexibility index (Phi) is 11.5. The zero-order chi connectivity index (χ0) is 16.2. The highest BCUT2D eigenvalue weighted by Gasteiger charge is 2.09. The van der Waals surface area contributed by atoms with E-state index >= 15 is 0 Å². The lowest BCUT2D eigenvalue weighted by molar-refractivity contribution is 0.0694. The number of aliphatic hydroxyl groups is 2. The number of hydrogen-bond acceptors (Lipinski definition) is 6. The standard InChI is InChI=1S/C14H20I2O6/c15-11-10-14(22-8-6-20-4-2-18)12(16)9-13(11)21-7-5-19-3-1-17/h9-10,17-18H,1-8H2. The molecule has 0 saturated carbocycles. The number of rotatable bonds is 12. The largest absolute Gasteiger partial charge is 0.490 e. The molecule has 0 bridgehead atoms. The molecule has 0 aliphatic carbocycles. The van der Waals surface area contributed by atoms with Gasteiger partial charge in [-0.15, -0.1) is 0 Å². The van der Waals surface area contributed by atoms with Gasteiger partial charge in [-0.25, -0.2) is 0 Å². The lowest BCUT2D eigenvalue weighted by Gasteiger charge is -2.13. The first-order chi connectivity index (χ1) is 10.7. The lowest BCUT2D eigenvalue weighted by atomic mass is 10.3. The van der Waals surface area contributed by atoms with Crippen molar-refractivity contribution in [1.82, 2.24) is 0 Å². The zero-order valence-electron chi connectivity index (χ0n) is 12.1. The quantitative estimate of drug-likeness (QED) is 0.312. The van der Waals surface area contributed by atoms with Crippen molar-refractivity contribution in [2.75, 3.05) is 52.9 Å². The molecule has 0 atom stereocenters. The summed E-state index contributed by atoms with van der Waals surface area (Å²) in [6.07, 6.45) is 0. The van der Waals surface area contributed by atoms with Gasteiger partial charge in [0.05, 0.1) is 46.8 Å². The first kappa shape index (κ1) is 20.2. The second-order valence-electron chi connectivity index (χ2n) is 4.08. The summed E-state index contributed by atoms with van der Waals surface area (Å²) in [4.78, 5) is 0. The van der Waals surface area contributed by atoms with Crippen molar-refractivity contribution in [3.8, 4) is 11.5 Å². The van der Waals surface area contributed by atoms with Crippen LogP contribution in [0.5, 0.6) is 11.5 Å². The van der Waals surface area contributed by atoms with Crippen molar-refractivity contribution < 1.29 is 29.2 Å². The van der Waals surface area contributed by atoms with Gasteiger partial charge in [0.2, 0.25) is 0 Å². The normalized spacial score (nSPS) is 10.7. The summed E-state index contributed by atoms with van der Waals surface area (Å²) in [5, 5.41) is 17.2. The van der Waals surface area contributed by atoms with Crippen LogP contribution in [0.4, 0.5) is 0 Å². The SMILES string of the molecule is OCCOCCOc1cc(I)c(OCCOCCO)cc1I. The fourth-order valence-corrected chi connectivity index (χ4v) is 2.67. The third-order valence-corrected chi connectivity index (χ3v) is 4.11. The predicted molar refractivity (Wildman–Crippen MR) is 98.7 cm³/mol. The summed E-state index contributed by atoms with van der Waals surface area (Å²) >= 11 is 4.38. The molecule has 0 unspecified atom stereocenters. The van der Waals surface area contributed by atoms with Gasteiger partial charge in [0.15, 0.2) is 0 Å². The highest BCUT2D eigenvalue weighted by atomic mass is 127. The second kappa shape index (κ2) is 12.5. The molecule has 0 amide bonds. The Morgan fingerprint density at radius 2 is 1.09 bits per heavy atom. The first-order valence-corrected chi connectivity index (χ1v) is 8.96. The molecule has 22 heavy (non-hydrogen) atoms. The molecule has 0 heterocycles. The number of halogens is 2. The van der Waals surface area contributed by atoms with E-state index in [1.807, 2.05) is 12.1 Å². The maximum Gasteiger partial charge on any atom is 0.134 e. The molecule has 0 radical (unpaired) electrons. The van der Waals surface area contributed by atoms with Crippen LogP contribution in [0, 0.1) is 7.14 Å². The number of benzene rings is 1. The molecule has 6 nitrogen and oxygen atoms in total. The topological polar surface area (TPSA) is 77.4 Å². The molecule has 1 aromatic carbocycles. The van der Waals surface area contributed by atoms with Crippen molar-refractivity contribution in [3.05, 3.63) is 19.3 Å². The van der Waals surface area contributed by atoms with Gasteiger partial charge in [-0.3, -0.25) is 0 Å². The Hall–Kier alpha value is 0.120. The Balaban J connectivity index is 2.42. The molecule has 0 spiro atoms. The Labute approximate surface area is 157 Å². The summed E-state index contributed by atoms with van der Waals surface area (Å²) in [5.74, 6) is 1.56. The first-order valence-electron chi connectivity index (χ1n) is 6.81. The zero-order valence-corrected chi connectivity index (χ0v) is 16.4. The highest BCUT2D eigenvalue weighted by molar-refractivity contribution is 14.1. The van der Waals surface area contributed by atoms with Crippen molar-refractivity contribution >= 4 is 45.2 Å². The summed E-state index contributed by atoms with van der Waals surface area (Å²) in [5.41, 5.74) is 0. The smallest absolute Gasteiger partial charge is 0.134 e. The van der Waals surface area contributed by atoms with Crippen molar-refractivity contribution in [2.45, 2.75) is 0 Å². The maximum absolute atomic E-state index is 8.61. The second-order valence-corrected chi connectivity index (χ2v) is 6.41. The highest BCUT2D eigenvalue weighted by Crippen LogP contribution is 2.31. The molecule has 0 fully saturated rings. The van der Waals surface area contributed by atoms with Gasteiger partial charge in [-0.05, 0) is 57.3 Å². The van der Waals surface area contributed by atoms with E-state index in [0.717, 1.165) is 18.6 Å². The molecular weight excluding hydrogens is 518 g/mol. The van der Waals surface area contributed by atoms with Crippen LogP contribution < -0.4 is 9.47 Å². The Morgan fingerprint density at radius 1 is 0.682 bits per heavy atom. The van der Waals surface area contributed by atoms with Gasteiger partial charge in [-0.2, -0.15) is 0 Å². The fraction of sp³-hybridized carbons (Fsp3) is 0.571. The van der Waals surface area contributed by atoms with Crippen molar-refractivity contribution in [3.63, 3.8) is 0 Å². The van der Waals surface area contributed by atoms with E-state index in [9.17, 15) is 0 Å². The van der Waals surface area contributed by atoms with E-state index in [1.165, 1.54) is 0 Å². The van der Waals surface area contributed by atoms with Crippen LogP contribution in [-0.2, 0) is 9.47 Å². The minimum Gasteiger partial charge on any atom is -0.490 e.